The molecule has 0 radical (unpaired) electrons. The van der Waals surface area contributed by atoms with Crippen molar-refractivity contribution in [2.45, 2.75) is 19.6 Å². The lowest BCUT2D eigenvalue weighted by molar-refractivity contribution is -0.138. The van der Waals surface area contributed by atoms with Crippen LogP contribution in [-0.2, 0) is 12.7 Å². The van der Waals surface area contributed by atoms with Gasteiger partial charge in [-0.15, -0.1) is 0 Å². The second-order valence-corrected chi connectivity index (χ2v) is 10.4. The lowest BCUT2D eigenvalue weighted by Crippen LogP contribution is -2.44. The standard InChI is InChI=1S/C30H28ClF3N4O2/c1-19-3-4-20(15-28(19)40-27-9-10-35-26-8-6-22(31)16-24(26)27)29(39)36-23-7-5-21(25(17-23)30(32,33)34)18-38-13-11-37(2)12-14-38/h3-10,15-17H,11-14,18H2,1-2H3,(H,36,39). The molecule has 1 aromatic heterocycles. The predicted octanol–water partition coefficient (Wildman–Crippen LogP) is 7.01. The summed E-state index contributed by atoms with van der Waals surface area (Å²) in [7, 11) is 2.00. The Labute approximate surface area is 235 Å². The van der Waals surface area contributed by atoms with Crippen LogP contribution in [0.1, 0.15) is 27.0 Å². The number of carbonyl (C=O) groups is 1. The number of carbonyl (C=O) groups excluding carboxylic acids is 1. The third kappa shape index (κ3) is 6.38. The maximum Gasteiger partial charge on any atom is 0.416 e. The van der Waals surface area contributed by atoms with Crippen molar-refractivity contribution in [2.24, 2.45) is 0 Å². The summed E-state index contributed by atoms with van der Waals surface area (Å²) < 4.78 is 48.1. The summed E-state index contributed by atoms with van der Waals surface area (Å²) >= 11 is 6.16. The van der Waals surface area contributed by atoms with E-state index in [2.05, 4.69) is 15.2 Å². The molecule has 1 amide bonds. The molecule has 1 saturated heterocycles. The van der Waals surface area contributed by atoms with Gasteiger partial charge >= 0.3 is 6.18 Å². The van der Waals surface area contributed by atoms with Crippen LogP contribution in [-0.4, -0.2) is 53.9 Å². The molecule has 1 fully saturated rings. The number of pyridine rings is 1. The molecule has 1 aliphatic rings. The lowest BCUT2D eigenvalue weighted by Gasteiger charge is -2.33. The first-order chi connectivity index (χ1) is 19.1. The van der Waals surface area contributed by atoms with E-state index in [-0.39, 0.29) is 23.4 Å². The highest BCUT2D eigenvalue weighted by atomic mass is 35.5. The van der Waals surface area contributed by atoms with Gasteiger partial charge in [0.1, 0.15) is 11.5 Å². The molecule has 6 nitrogen and oxygen atoms in total. The summed E-state index contributed by atoms with van der Waals surface area (Å²) in [5.74, 6) is 0.393. The van der Waals surface area contributed by atoms with Crippen LogP contribution in [0, 0.1) is 6.92 Å². The summed E-state index contributed by atoms with van der Waals surface area (Å²) in [4.78, 5) is 21.6. The summed E-state index contributed by atoms with van der Waals surface area (Å²) in [6, 6.07) is 15.8. The molecule has 3 aromatic carbocycles. The fourth-order valence-corrected chi connectivity index (χ4v) is 4.83. The van der Waals surface area contributed by atoms with Crippen molar-refractivity contribution in [3.8, 4) is 11.5 Å². The van der Waals surface area contributed by atoms with Gasteiger partial charge in [0.05, 0.1) is 11.1 Å². The number of aromatic nitrogens is 1. The normalized spacial score (nSPS) is 14.8. The van der Waals surface area contributed by atoms with Crippen molar-refractivity contribution in [3.63, 3.8) is 0 Å². The number of alkyl halides is 3. The van der Waals surface area contributed by atoms with Crippen LogP contribution in [0.2, 0.25) is 5.02 Å². The molecule has 0 aliphatic carbocycles. The fraction of sp³-hybridized carbons (Fsp3) is 0.267. The number of hydrogen-bond donors (Lipinski definition) is 1. The second-order valence-electron chi connectivity index (χ2n) is 9.96. The van der Waals surface area contributed by atoms with Crippen molar-refractivity contribution in [1.29, 1.82) is 0 Å². The van der Waals surface area contributed by atoms with Crippen molar-refractivity contribution in [3.05, 3.63) is 94.1 Å². The first kappa shape index (κ1) is 27.9. The lowest BCUT2D eigenvalue weighted by atomic mass is 10.0. The topological polar surface area (TPSA) is 57.7 Å². The van der Waals surface area contributed by atoms with Crippen molar-refractivity contribution in [1.82, 2.24) is 14.8 Å². The van der Waals surface area contributed by atoms with Gasteiger partial charge < -0.3 is 15.0 Å². The number of rotatable bonds is 6. The molecule has 0 saturated carbocycles. The van der Waals surface area contributed by atoms with Gasteiger partial charge in [0.25, 0.3) is 5.91 Å². The summed E-state index contributed by atoms with van der Waals surface area (Å²) in [6.07, 6.45) is -2.94. The van der Waals surface area contributed by atoms with E-state index in [1.165, 1.54) is 12.1 Å². The molecule has 0 spiro atoms. The molecule has 40 heavy (non-hydrogen) atoms. The predicted molar refractivity (Wildman–Crippen MR) is 150 cm³/mol. The molecule has 0 unspecified atom stereocenters. The third-order valence-corrected chi connectivity index (χ3v) is 7.23. The van der Waals surface area contributed by atoms with Crippen LogP contribution in [0.3, 0.4) is 0 Å². The maximum atomic E-state index is 14.0. The number of anilines is 1. The van der Waals surface area contributed by atoms with E-state index in [4.69, 9.17) is 16.3 Å². The number of benzene rings is 3. The second kappa shape index (κ2) is 11.4. The largest absolute Gasteiger partial charge is 0.456 e. The van der Waals surface area contributed by atoms with Crippen LogP contribution in [0.4, 0.5) is 18.9 Å². The average molecular weight is 569 g/mol. The number of nitrogens with one attached hydrogen (secondary N) is 1. The molecule has 4 aromatic rings. The first-order valence-electron chi connectivity index (χ1n) is 12.8. The summed E-state index contributed by atoms with van der Waals surface area (Å²) in [6.45, 7) is 5.05. The van der Waals surface area contributed by atoms with Gasteiger partial charge in [0, 0.05) is 60.6 Å². The highest BCUT2D eigenvalue weighted by Gasteiger charge is 2.34. The van der Waals surface area contributed by atoms with Crippen molar-refractivity contribution < 1.29 is 22.7 Å². The van der Waals surface area contributed by atoms with E-state index in [1.807, 2.05) is 18.9 Å². The Morgan fingerprint density at radius 2 is 1.77 bits per heavy atom. The Balaban J connectivity index is 1.36. The average Bonchev–Trinajstić information content (AvgIpc) is 2.91. The van der Waals surface area contributed by atoms with Gasteiger partial charge in [-0.3, -0.25) is 14.7 Å². The Kier molecular flexibility index (Phi) is 7.98. The number of likely N-dealkylation sites (N-methyl/N-ethyl adjacent to an activating group) is 1. The van der Waals surface area contributed by atoms with E-state index >= 15 is 0 Å². The van der Waals surface area contributed by atoms with E-state index in [9.17, 15) is 18.0 Å². The van der Waals surface area contributed by atoms with Crippen molar-refractivity contribution >= 4 is 34.1 Å². The number of halogens is 4. The monoisotopic (exact) mass is 568 g/mol. The van der Waals surface area contributed by atoms with Crippen LogP contribution >= 0.6 is 11.6 Å². The van der Waals surface area contributed by atoms with Crippen LogP contribution in [0.5, 0.6) is 11.5 Å². The Bertz CT molecular complexity index is 1550. The van der Waals surface area contributed by atoms with E-state index in [1.54, 1.807) is 48.7 Å². The number of amides is 1. The SMILES string of the molecule is Cc1ccc(C(=O)Nc2ccc(CN3CCN(C)CC3)c(C(F)(F)F)c2)cc1Oc1ccnc2ccc(Cl)cc12. The minimum absolute atomic E-state index is 0.0669. The van der Waals surface area contributed by atoms with Gasteiger partial charge in [-0.25, -0.2) is 0 Å². The Morgan fingerprint density at radius 3 is 2.52 bits per heavy atom. The molecule has 2 heterocycles. The van der Waals surface area contributed by atoms with Gasteiger partial charge in [0.15, 0.2) is 0 Å². The number of hydrogen-bond acceptors (Lipinski definition) is 5. The smallest absolute Gasteiger partial charge is 0.416 e. The van der Waals surface area contributed by atoms with Crippen LogP contribution < -0.4 is 10.1 Å². The number of nitrogens with zero attached hydrogens (tertiary/aromatic N) is 3. The van der Waals surface area contributed by atoms with Crippen LogP contribution in [0.25, 0.3) is 10.9 Å². The van der Waals surface area contributed by atoms with E-state index < -0.39 is 17.6 Å². The van der Waals surface area contributed by atoms with E-state index in [0.29, 0.717) is 40.5 Å². The molecule has 10 heteroatoms. The zero-order valence-electron chi connectivity index (χ0n) is 22.1. The first-order valence-corrected chi connectivity index (χ1v) is 13.2. The highest BCUT2D eigenvalue weighted by molar-refractivity contribution is 6.31. The summed E-state index contributed by atoms with van der Waals surface area (Å²) in [5, 5.41) is 3.85. The summed E-state index contributed by atoms with van der Waals surface area (Å²) in [5.41, 5.74) is 1.22. The fourth-order valence-electron chi connectivity index (χ4n) is 4.66. The molecular formula is C30H28ClF3N4O2. The van der Waals surface area contributed by atoms with Gasteiger partial charge in [-0.2, -0.15) is 13.2 Å². The number of fused-ring (bicyclic) bond motifs is 1. The molecular weight excluding hydrogens is 541 g/mol. The number of piperazine rings is 1. The molecule has 5 rings (SSSR count). The molecule has 1 N–H and O–H groups in total. The van der Waals surface area contributed by atoms with Gasteiger partial charge in [0.2, 0.25) is 0 Å². The Hall–Kier alpha value is -3.66. The highest BCUT2D eigenvalue weighted by Crippen LogP contribution is 2.35. The molecule has 0 atom stereocenters. The van der Waals surface area contributed by atoms with Gasteiger partial charge in [-0.05, 0) is 73.6 Å². The van der Waals surface area contributed by atoms with Crippen molar-refractivity contribution in [2.75, 3.05) is 38.5 Å². The van der Waals surface area contributed by atoms with Gasteiger partial charge in [-0.1, -0.05) is 23.7 Å². The Morgan fingerprint density at radius 1 is 1.00 bits per heavy atom. The minimum Gasteiger partial charge on any atom is -0.456 e. The maximum absolute atomic E-state index is 14.0. The number of aryl methyl sites for hydroxylation is 1. The molecule has 0 bridgehead atoms. The van der Waals surface area contributed by atoms with E-state index in [0.717, 1.165) is 24.7 Å². The quantitative estimate of drug-likeness (QED) is 0.271. The third-order valence-electron chi connectivity index (χ3n) is 7.00. The molecule has 208 valence electrons. The molecule has 1 aliphatic heterocycles. The minimum atomic E-state index is -4.55. The number of ether oxygens (including phenoxy) is 1. The van der Waals surface area contributed by atoms with Crippen LogP contribution in [0.15, 0.2) is 66.9 Å². The zero-order valence-corrected chi connectivity index (χ0v) is 22.8. The zero-order chi connectivity index (χ0) is 28.4.